The van der Waals surface area contributed by atoms with Gasteiger partial charge in [-0.05, 0) is 30.2 Å². The molecule has 32 heavy (non-hydrogen) atoms. The van der Waals surface area contributed by atoms with Crippen LogP contribution in [0.15, 0.2) is 42.5 Å². The molecule has 1 amide bonds. The Morgan fingerprint density at radius 1 is 0.906 bits per heavy atom. The number of hydrogen-bond donors (Lipinski definition) is 2. The number of ether oxygens (including phenoxy) is 1. The Labute approximate surface area is 189 Å². The smallest absolute Gasteiger partial charge is 0.270 e. The fourth-order valence-corrected chi connectivity index (χ4v) is 3.89. The molecule has 1 heterocycles. The number of nitro groups is 1. The Kier molecular flexibility index (Phi) is 8.90. The van der Waals surface area contributed by atoms with Crippen molar-refractivity contribution in [2.75, 3.05) is 11.9 Å². The lowest BCUT2D eigenvalue weighted by Gasteiger charge is -2.28. The summed E-state index contributed by atoms with van der Waals surface area (Å²) in [6.45, 7) is 2.95. The van der Waals surface area contributed by atoms with Crippen LogP contribution in [0.5, 0.6) is 5.75 Å². The summed E-state index contributed by atoms with van der Waals surface area (Å²) in [5.74, 6) is 0.476. The third kappa shape index (κ3) is 6.70. The lowest BCUT2D eigenvalue weighted by molar-refractivity contribution is -0.384. The zero-order chi connectivity index (χ0) is 22.8. The lowest BCUT2D eigenvalue weighted by Crippen LogP contribution is -2.38. The highest BCUT2D eigenvalue weighted by Gasteiger charge is 2.26. The molecule has 1 aliphatic heterocycles. The molecule has 2 aromatic rings. The van der Waals surface area contributed by atoms with Crippen molar-refractivity contribution in [1.29, 1.82) is 0 Å². The molecule has 0 bridgehead atoms. The highest BCUT2D eigenvalue weighted by Crippen LogP contribution is 2.30. The molecule has 0 saturated carbocycles. The zero-order valence-electron chi connectivity index (χ0n) is 18.8. The average molecular weight is 440 g/mol. The number of carbonyl (C=O) groups excluding carboxylic acids is 1. The summed E-state index contributed by atoms with van der Waals surface area (Å²) in [5, 5.41) is 17.0. The Morgan fingerprint density at radius 2 is 1.56 bits per heavy atom. The van der Waals surface area contributed by atoms with E-state index in [9.17, 15) is 14.9 Å². The molecule has 0 aliphatic carbocycles. The molecule has 2 N–H and O–H groups in total. The van der Waals surface area contributed by atoms with E-state index in [4.69, 9.17) is 4.74 Å². The number of hydrogen-bond acceptors (Lipinski definition) is 5. The normalized spacial score (nSPS) is 14.9. The summed E-state index contributed by atoms with van der Waals surface area (Å²) >= 11 is 0. The number of anilines is 1. The van der Waals surface area contributed by atoms with Crippen LogP contribution in [0.25, 0.3) is 0 Å². The minimum atomic E-state index is -0.507. The molecule has 1 unspecified atom stereocenters. The predicted molar refractivity (Wildman–Crippen MR) is 126 cm³/mol. The topological polar surface area (TPSA) is 93.5 Å². The molecule has 7 heteroatoms. The largest absolute Gasteiger partial charge is 0.494 e. The Morgan fingerprint density at radius 3 is 2.22 bits per heavy atom. The van der Waals surface area contributed by atoms with E-state index in [1.165, 1.54) is 63.5 Å². The standard InChI is InChI=1S/C25H33N3O4/c1-2-3-4-5-6-7-8-9-10-17-32-21-14-11-19(12-15-21)24-26-23-16-13-20(28(30)31)18-22(23)25(29)27-24/h11-16,18,24,26H,2-10,17H2,1H3,(H,27,29). The number of carbonyl (C=O) groups is 1. The second-order valence-electron chi connectivity index (χ2n) is 8.28. The van der Waals surface area contributed by atoms with E-state index in [0.717, 1.165) is 17.7 Å². The fraction of sp³-hybridized carbons (Fsp3) is 0.480. The van der Waals surface area contributed by atoms with E-state index in [2.05, 4.69) is 17.6 Å². The second kappa shape index (κ2) is 12.1. The van der Waals surface area contributed by atoms with Crippen molar-refractivity contribution in [3.8, 4) is 5.75 Å². The maximum Gasteiger partial charge on any atom is 0.270 e. The van der Waals surface area contributed by atoms with Crippen LogP contribution in [0, 0.1) is 10.1 Å². The van der Waals surface area contributed by atoms with Gasteiger partial charge in [-0.3, -0.25) is 14.9 Å². The van der Waals surface area contributed by atoms with Gasteiger partial charge in [0, 0.05) is 17.8 Å². The molecule has 0 saturated heterocycles. The lowest BCUT2D eigenvalue weighted by atomic mass is 10.0. The fourth-order valence-electron chi connectivity index (χ4n) is 3.89. The first kappa shape index (κ1) is 23.6. The van der Waals surface area contributed by atoms with E-state index >= 15 is 0 Å². The molecule has 1 aliphatic rings. The van der Waals surface area contributed by atoms with Crippen LogP contribution in [0.3, 0.4) is 0 Å². The van der Waals surface area contributed by atoms with Crippen molar-refractivity contribution in [3.63, 3.8) is 0 Å². The third-order valence-corrected chi connectivity index (χ3v) is 5.76. The van der Waals surface area contributed by atoms with Crippen molar-refractivity contribution >= 4 is 17.3 Å². The third-order valence-electron chi connectivity index (χ3n) is 5.76. The number of nitro benzene ring substituents is 1. The minimum absolute atomic E-state index is 0.104. The van der Waals surface area contributed by atoms with E-state index in [1.54, 1.807) is 6.07 Å². The quantitative estimate of drug-likeness (QED) is 0.215. The van der Waals surface area contributed by atoms with Crippen LogP contribution in [-0.4, -0.2) is 17.4 Å². The first-order valence-corrected chi connectivity index (χ1v) is 11.7. The number of nitrogens with zero attached hydrogens (tertiary/aromatic N) is 1. The number of benzene rings is 2. The second-order valence-corrected chi connectivity index (χ2v) is 8.28. The first-order valence-electron chi connectivity index (χ1n) is 11.7. The molecule has 1 atom stereocenters. The van der Waals surface area contributed by atoms with Crippen molar-refractivity contribution in [2.45, 2.75) is 70.9 Å². The maximum absolute atomic E-state index is 12.4. The summed E-state index contributed by atoms with van der Waals surface area (Å²) in [6.07, 6.45) is 11.2. The van der Waals surface area contributed by atoms with Gasteiger partial charge < -0.3 is 15.4 Å². The highest BCUT2D eigenvalue weighted by atomic mass is 16.6. The van der Waals surface area contributed by atoms with Crippen LogP contribution in [0.1, 0.15) is 86.8 Å². The van der Waals surface area contributed by atoms with Crippen molar-refractivity contribution in [3.05, 3.63) is 63.7 Å². The molecule has 0 spiro atoms. The van der Waals surface area contributed by atoms with Gasteiger partial charge in [0.05, 0.1) is 17.1 Å². The summed E-state index contributed by atoms with van der Waals surface area (Å²) in [6, 6.07) is 11.9. The van der Waals surface area contributed by atoms with Crippen LogP contribution < -0.4 is 15.4 Å². The summed E-state index contributed by atoms with van der Waals surface area (Å²) in [4.78, 5) is 22.9. The highest BCUT2D eigenvalue weighted by molar-refractivity contribution is 6.02. The Balaban J connectivity index is 1.41. The van der Waals surface area contributed by atoms with E-state index in [0.29, 0.717) is 12.3 Å². The van der Waals surface area contributed by atoms with Crippen LogP contribution in [0.4, 0.5) is 11.4 Å². The molecule has 7 nitrogen and oxygen atoms in total. The predicted octanol–water partition coefficient (Wildman–Crippen LogP) is 6.36. The van der Waals surface area contributed by atoms with Crippen LogP contribution >= 0.6 is 0 Å². The minimum Gasteiger partial charge on any atom is -0.494 e. The summed E-state index contributed by atoms with van der Waals surface area (Å²) in [5.41, 5.74) is 1.64. The average Bonchev–Trinajstić information content (AvgIpc) is 2.80. The summed E-state index contributed by atoms with van der Waals surface area (Å²) in [7, 11) is 0. The van der Waals surface area contributed by atoms with Gasteiger partial charge in [0.2, 0.25) is 0 Å². The van der Waals surface area contributed by atoms with Gasteiger partial charge in [-0.25, -0.2) is 0 Å². The number of fused-ring (bicyclic) bond motifs is 1. The van der Waals surface area contributed by atoms with Gasteiger partial charge in [-0.15, -0.1) is 0 Å². The zero-order valence-corrected chi connectivity index (χ0v) is 18.8. The molecule has 0 fully saturated rings. The number of amides is 1. The molecule has 0 aromatic heterocycles. The van der Waals surface area contributed by atoms with Gasteiger partial charge >= 0.3 is 0 Å². The maximum atomic E-state index is 12.4. The molecule has 3 rings (SSSR count). The van der Waals surface area contributed by atoms with Crippen LogP contribution in [0.2, 0.25) is 0 Å². The molecule has 172 valence electrons. The van der Waals surface area contributed by atoms with Crippen molar-refractivity contribution in [1.82, 2.24) is 5.32 Å². The van der Waals surface area contributed by atoms with E-state index in [-0.39, 0.29) is 17.2 Å². The Bertz CT molecular complexity index is 899. The Hall–Kier alpha value is -3.09. The number of non-ortho nitro benzene ring substituents is 1. The van der Waals surface area contributed by atoms with Gasteiger partial charge in [-0.2, -0.15) is 0 Å². The van der Waals surface area contributed by atoms with E-state index in [1.807, 2.05) is 24.3 Å². The van der Waals surface area contributed by atoms with Gasteiger partial charge in [-0.1, -0.05) is 70.4 Å². The number of unbranched alkanes of at least 4 members (excludes halogenated alkanes) is 8. The van der Waals surface area contributed by atoms with Gasteiger partial charge in [0.25, 0.3) is 11.6 Å². The molecule has 0 radical (unpaired) electrons. The molecule has 2 aromatic carbocycles. The van der Waals surface area contributed by atoms with Crippen molar-refractivity contribution < 1.29 is 14.5 Å². The monoisotopic (exact) mass is 439 g/mol. The number of rotatable bonds is 13. The number of nitrogens with one attached hydrogen (secondary N) is 2. The first-order chi connectivity index (χ1) is 15.6. The SMILES string of the molecule is CCCCCCCCCCCOc1ccc(C2NC(=O)c3cc([N+](=O)[O-])ccc3N2)cc1. The molecular formula is C25H33N3O4. The van der Waals surface area contributed by atoms with Crippen molar-refractivity contribution in [2.24, 2.45) is 0 Å². The van der Waals surface area contributed by atoms with E-state index < -0.39 is 11.1 Å². The van der Waals surface area contributed by atoms with Gasteiger partial charge in [0.15, 0.2) is 0 Å². The van der Waals surface area contributed by atoms with Crippen LogP contribution in [-0.2, 0) is 0 Å². The van der Waals surface area contributed by atoms with Gasteiger partial charge in [0.1, 0.15) is 11.9 Å². The molecular weight excluding hydrogens is 406 g/mol. The summed E-state index contributed by atoms with van der Waals surface area (Å²) < 4.78 is 5.85.